The second kappa shape index (κ2) is 8.20. The Bertz CT molecular complexity index is 818. The fourth-order valence-electron chi connectivity index (χ4n) is 2.46. The Balaban J connectivity index is 1.47. The van der Waals surface area contributed by atoms with Gasteiger partial charge in [0.05, 0.1) is 0 Å². The molecule has 3 rings (SSSR count). The fourth-order valence-corrected chi connectivity index (χ4v) is 2.46. The van der Waals surface area contributed by atoms with E-state index in [2.05, 4.69) is 10.6 Å². The molecule has 0 unspecified atom stereocenters. The van der Waals surface area contributed by atoms with Crippen LogP contribution in [0.25, 0.3) is 6.08 Å². The lowest BCUT2D eigenvalue weighted by atomic mass is 10.2. The molecule has 26 heavy (non-hydrogen) atoms. The molecule has 0 radical (unpaired) electrons. The zero-order valence-corrected chi connectivity index (χ0v) is 14.4. The van der Waals surface area contributed by atoms with E-state index in [0.29, 0.717) is 18.0 Å². The number of amides is 2. The van der Waals surface area contributed by atoms with Crippen LogP contribution in [0.1, 0.15) is 18.1 Å². The number of carbonyl (C=O) groups is 2. The van der Waals surface area contributed by atoms with Crippen LogP contribution < -0.4 is 20.1 Å². The van der Waals surface area contributed by atoms with Crippen molar-refractivity contribution in [1.29, 1.82) is 0 Å². The van der Waals surface area contributed by atoms with Crippen LogP contribution in [-0.4, -0.2) is 24.6 Å². The van der Waals surface area contributed by atoms with E-state index in [4.69, 9.17) is 9.47 Å². The van der Waals surface area contributed by atoms with E-state index in [1.165, 1.54) is 6.08 Å². The Kier molecular flexibility index (Phi) is 5.53. The van der Waals surface area contributed by atoms with E-state index < -0.39 is 6.04 Å². The highest BCUT2D eigenvalue weighted by Gasteiger charge is 2.16. The predicted octanol–water partition coefficient (Wildman–Crippen LogP) is 2.25. The Labute approximate surface area is 151 Å². The number of ether oxygens (including phenoxy) is 2. The normalized spacial score (nSPS) is 13.4. The molecular formula is C20H20N2O4. The standard InChI is InChI=1S/C20H20N2O4/c1-14(22-19(23)10-8-15-5-3-2-4-6-15)20(24)21-12-16-7-9-17-18(11-16)26-13-25-17/h2-11,14H,12-13H2,1H3,(H,21,24)(H,22,23)/b10-8+/t14-/m0/s1. The number of nitrogens with one attached hydrogen (secondary N) is 2. The van der Waals surface area contributed by atoms with Gasteiger partial charge < -0.3 is 20.1 Å². The second-order valence-electron chi connectivity index (χ2n) is 5.88. The minimum atomic E-state index is -0.642. The van der Waals surface area contributed by atoms with Crippen LogP contribution in [0.4, 0.5) is 0 Å². The molecule has 0 saturated carbocycles. The van der Waals surface area contributed by atoms with E-state index >= 15 is 0 Å². The molecule has 0 aromatic heterocycles. The van der Waals surface area contributed by atoms with Gasteiger partial charge in [-0.15, -0.1) is 0 Å². The van der Waals surface area contributed by atoms with Gasteiger partial charge in [-0.05, 0) is 36.3 Å². The monoisotopic (exact) mass is 352 g/mol. The van der Waals surface area contributed by atoms with Crippen LogP contribution in [0.2, 0.25) is 0 Å². The van der Waals surface area contributed by atoms with Crippen molar-refractivity contribution in [2.45, 2.75) is 19.5 Å². The van der Waals surface area contributed by atoms with Gasteiger partial charge in [0.25, 0.3) is 0 Å². The van der Waals surface area contributed by atoms with Crippen LogP contribution >= 0.6 is 0 Å². The van der Waals surface area contributed by atoms with Gasteiger partial charge in [0.15, 0.2) is 11.5 Å². The lowest BCUT2D eigenvalue weighted by Crippen LogP contribution is -2.44. The van der Waals surface area contributed by atoms with Crippen LogP contribution in [-0.2, 0) is 16.1 Å². The molecule has 0 bridgehead atoms. The highest BCUT2D eigenvalue weighted by Crippen LogP contribution is 2.32. The molecule has 6 heteroatoms. The first-order chi connectivity index (χ1) is 12.6. The zero-order valence-electron chi connectivity index (χ0n) is 14.4. The molecule has 0 saturated heterocycles. The second-order valence-corrected chi connectivity index (χ2v) is 5.88. The molecule has 2 aromatic carbocycles. The molecular weight excluding hydrogens is 332 g/mol. The third-order valence-electron chi connectivity index (χ3n) is 3.88. The summed E-state index contributed by atoms with van der Waals surface area (Å²) >= 11 is 0. The van der Waals surface area contributed by atoms with Crippen LogP contribution in [0.5, 0.6) is 11.5 Å². The Morgan fingerprint density at radius 3 is 2.69 bits per heavy atom. The first kappa shape index (κ1) is 17.5. The van der Waals surface area contributed by atoms with Crippen molar-refractivity contribution < 1.29 is 19.1 Å². The molecule has 2 aromatic rings. The number of hydrogen-bond acceptors (Lipinski definition) is 4. The molecule has 1 heterocycles. The Morgan fingerprint density at radius 2 is 1.88 bits per heavy atom. The maximum atomic E-state index is 12.2. The minimum Gasteiger partial charge on any atom is -0.454 e. The summed E-state index contributed by atoms with van der Waals surface area (Å²) in [5, 5.41) is 5.44. The summed E-state index contributed by atoms with van der Waals surface area (Å²) in [6.45, 7) is 2.20. The van der Waals surface area contributed by atoms with Crippen molar-refractivity contribution in [2.24, 2.45) is 0 Å². The van der Waals surface area contributed by atoms with Gasteiger partial charge in [0.2, 0.25) is 18.6 Å². The van der Waals surface area contributed by atoms with Gasteiger partial charge in [-0.2, -0.15) is 0 Å². The smallest absolute Gasteiger partial charge is 0.244 e. The number of carbonyl (C=O) groups excluding carboxylic acids is 2. The summed E-state index contributed by atoms with van der Waals surface area (Å²) in [5.41, 5.74) is 1.81. The Morgan fingerprint density at radius 1 is 1.12 bits per heavy atom. The Hall–Kier alpha value is -3.28. The van der Waals surface area contributed by atoms with Gasteiger partial charge in [-0.25, -0.2) is 0 Å². The van der Waals surface area contributed by atoms with Crippen molar-refractivity contribution in [3.8, 4) is 11.5 Å². The highest BCUT2D eigenvalue weighted by molar-refractivity contribution is 5.95. The summed E-state index contributed by atoms with van der Waals surface area (Å²) < 4.78 is 10.6. The van der Waals surface area contributed by atoms with Crippen LogP contribution in [0.15, 0.2) is 54.6 Å². The van der Waals surface area contributed by atoms with Crippen molar-refractivity contribution in [2.75, 3.05) is 6.79 Å². The third-order valence-corrected chi connectivity index (χ3v) is 3.88. The number of benzene rings is 2. The summed E-state index contributed by atoms with van der Waals surface area (Å²) in [6.07, 6.45) is 3.11. The quantitative estimate of drug-likeness (QED) is 0.782. The highest BCUT2D eigenvalue weighted by atomic mass is 16.7. The van der Waals surface area contributed by atoms with Gasteiger partial charge in [0, 0.05) is 12.6 Å². The lowest BCUT2D eigenvalue weighted by Gasteiger charge is -2.13. The van der Waals surface area contributed by atoms with E-state index in [1.807, 2.05) is 48.5 Å². The summed E-state index contributed by atoms with van der Waals surface area (Å²) in [6, 6.07) is 14.3. The topological polar surface area (TPSA) is 76.7 Å². The molecule has 0 fully saturated rings. The molecule has 0 spiro atoms. The van der Waals surface area contributed by atoms with Gasteiger partial charge in [0.1, 0.15) is 6.04 Å². The van der Waals surface area contributed by atoms with E-state index in [9.17, 15) is 9.59 Å². The third kappa shape index (κ3) is 4.63. The molecule has 6 nitrogen and oxygen atoms in total. The largest absolute Gasteiger partial charge is 0.454 e. The first-order valence-electron chi connectivity index (χ1n) is 8.32. The molecule has 2 N–H and O–H groups in total. The van der Waals surface area contributed by atoms with Crippen molar-refractivity contribution >= 4 is 17.9 Å². The number of fused-ring (bicyclic) bond motifs is 1. The van der Waals surface area contributed by atoms with Gasteiger partial charge >= 0.3 is 0 Å². The molecule has 1 aliphatic heterocycles. The maximum Gasteiger partial charge on any atom is 0.244 e. The molecule has 134 valence electrons. The fraction of sp³-hybridized carbons (Fsp3) is 0.200. The molecule has 0 aliphatic carbocycles. The SMILES string of the molecule is C[C@H](NC(=O)/C=C/c1ccccc1)C(=O)NCc1ccc2c(c1)OCO2. The lowest BCUT2D eigenvalue weighted by molar-refractivity contribution is -0.126. The molecule has 1 atom stereocenters. The van der Waals surface area contributed by atoms with Crippen LogP contribution in [0.3, 0.4) is 0 Å². The maximum absolute atomic E-state index is 12.2. The van der Waals surface area contributed by atoms with Gasteiger partial charge in [-0.3, -0.25) is 9.59 Å². The molecule has 1 aliphatic rings. The average molecular weight is 352 g/mol. The summed E-state index contributed by atoms with van der Waals surface area (Å²) in [5.74, 6) is 0.791. The summed E-state index contributed by atoms with van der Waals surface area (Å²) in [7, 11) is 0. The van der Waals surface area contributed by atoms with E-state index in [-0.39, 0.29) is 18.6 Å². The van der Waals surface area contributed by atoms with Crippen molar-refractivity contribution in [1.82, 2.24) is 10.6 Å². The number of rotatable bonds is 6. The average Bonchev–Trinajstić information content (AvgIpc) is 3.13. The van der Waals surface area contributed by atoms with E-state index in [0.717, 1.165) is 11.1 Å². The van der Waals surface area contributed by atoms with Crippen molar-refractivity contribution in [3.63, 3.8) is 0 Å². The van der Waals surface area contributed by atoms with Crippen molar-refractivity contribution in [3.05, 3.63) is 65.7 Å². The number of hydrogen-bond donors (Lipinski definition) is 2. The molecule has 2 amide bonds. The predicted molar refractivity (Wildman–Crippen MR) is 97.5 cm³/mol. The zero-order chi connectivity index (χ0) is 18.4. The van der Waals surface area contributed by atoms with Crippen LogP contribution in [0, 0.1) is 0 Å². The van der Waals surface area contributed by atoms with E-state index in [1.54, 1.807) is 13.0 Å². The van der Waals surface area contributed by atoms with Gasteiger partial charge in [-0.1, -0.05) is 36.4 Å². The first-order valence-corrected chi connectivity index (χ1v) is 8.32. The summed E-state index contributed by atoms with van der Waals surface area (Å²) in [4.78, 5) is 24.1. The minimum absolute atomic E-state index is 0.213.